The molecule has 1 atom stereocenters. The Kier molecular flexibility index (Phi) is 4.02. The number of nitrogens with zero attached hydrogens (tertiary/aromatic N) is 2. The van der Waals surface area contributed by atoms with Crippen LogP contribution in [0.15, 0.2) is 0 Å². The Bertz CT molecular complexity index is 319. The van der Waals surface area contributed by atoms with E-state index in [1.54, 1.807) is 6.92 Å². The van der Waals surface area contributed by atoms with Crippen molar-refractivity contribution in [1.29, 1.82) is 5.26 Å². The van der Waals surface area contributed by atoms with E-state index >= 15 is 0 Å². The van der Waals surface area contributed by atoms with Crippen molar-refractivity contribution in [3.63, 3.8) is 0 Å². The highest BCUT2D eigenvalue weighted by molar-refractivity contribution is 6.01. The van der Waals surface area contributed by atoms with Crippen LogP contribution in [-0.4, -0.2) is 35.3 Å². The van der Waals surface area contributed by atoms with Gasteiger partial charge in [-0.1, -0.05) is 6.92 Å². The average Bonchev–Trinajstić information content (AvgIpc) is 2.57. The number of hydrogen-bond donors (Lipinski definition) is 1. The lowest BCUT2D eigenvalue weighted by molar-refractivity contribution is -0.138. The number of amides is 2. The van der Waals surface area contributed by atoms with Crippen molar-refractivity contribution >= 4 is 11.8 Å². The fraction of sp³-hybridized carbons (Fsp3) is 0.727. The Morgan fingerprint density at radius 1 is 1.44 bits per heavy atom. The molecule has 1 saturated heterocycles. The van der Waals surface area contributed by atoms with Gasteiger partial charge in [0.1, 0.15) is 5.54 Å². The Balaban J connectivity index is 2.53. The summed E-state index contributed by atoms with van der Waals surface area (Å²) in [5.74, 6) is -0.247. The van der Waals surface area contributed by atoms with Crippen molar-refractivity contribution in [2.75, 3.05) is 13.1 Å². The second-order valence-electron chi connectivity index (χ2n) is 4.16. The summed E-state index contributed by atoms with van der Waals surface area (Å²) in [6, 6.07) is 2.17. The van der Waals surface area contributed by atoms with Crippen molar-refractivity contribution in [2.45, 2.75) is 38.6 Å². The second-order valence-corrected chi connectivity index (χ2v) is 4.16. The van der Waals surface area contributed by atoms with Crippen LogP contribution in [0.25, 0.3) is 0 Å². The molecule has 0 saturated carbocycles. The maximum Gasteiger partial charge on any atom is 0.229 e. The van der Waals surface area contributed by atoms with Crippen molar-refractivity contribution in [1.82, 2.24) is 10.2 Å². The Morgan fingerprint density at radius 2 is 2.00 bits per heavy atom. The first-order chi connectivity index (χ1) is 7.52. The van der Waals surface area contributed by atoms with Gasteiger partial charge < -0.3 is 0 Å². The third kappa shape index (κ3) is 2.80. The van der Waals surface area contributed by atoms with E-state index in [0.29, 0.717) is 32.4 Å². The van der Waals surface area contributed by atoms with Gasteiger partial charge in [-0.25, -0.2) is 0 Å². The molecule has 1 heterocycles. The van der Waals surface area contributed by atoms with Crippen LogP contribution in [-0.2, 0) is 9.59 Å². The van der Waals surface area contributed by atoms with Crippen LogP contribution < -0.4 is 5.32 Å². The molecule has 88 valence electrons. The third-order valence-corrected chi connectivity index (χ3v) is 2.80. The molecule has 1 unspecified atom stereocenters. The van der Waals surface area contributed by atoms with Gasteiger partial charge in [0.25, 0.3) is 0 Å². The first kappa shape index (κ1) is 12.7. The van der Waals surface area contributed by atoms with Gasteiger partial charge in [-0.3, -0.25) is 19.8 Å². The van der Waals surface area contributed by atoms with Gasteiger partial charge in [-0.05, 0) is 19.9 Å². The molecule has 0 aliphatic carbocycles. The van der Waals surface area contributed by atoms with E-state index in [9.17, 15) is 9.59 Å². The summed E-state index contributed by atoms with van der Waals surface area (Å²) in [4.78, 5) is 24.0. The zero-order valence-corrected chi connectivity index (χ0v) is 9.75. The van der Waals surface area contributed by atoms with E-state index in [1.165, 1.54) is 4.90 Å². The molecule has 1 rings (SSSR count). The van der Waals surface area contributed by atoms with Gasteiger partial charge in [0, 0.05) is 19.4 Å². The maximum atomic E-state index is 11.3. The quantitative estimate of drug-likeness (QED) is 0.685. The molecule has 5 nitrogen and oxygen atoms in total. The molecule has 1 fully saturated rings. The highest BCUT2D eigenvalue weighted by Gasteiger charge is 2.31. The molecular formula is C11H17N3O2. The van der Waals surface area contributed by atoms with E-state index in [0.717, 1.165) is 0 Å². The summed E-state index contributed by atoms with van der Waals surface area (Å²) in [6.07, 6.45) is 1.08. The summed E-state index contributed by atoms with van der Waals surface area (Å²) in [5.41, 5.74) is -0.669. The molecule has 0 aromatic carbocycles. The summed E-state index contributed by atoms with van der Waals surface area (Å²) in [5, 5.41) is 12.1. The van der Waals surface area contributed by atoms with Gasteiger partial charge in [-0.15, -0.1) is 0 Å². The van der Waals surface area contributed by atoms with E-state index in [-0.39, 0.29) is 11.8 Å². The normalized spacial score (nSPS) is 19.7. The summed E-state index contributed by atoms with van der Waals surface area (Å²) >= 11 is 0. The summed E-state index contributed by atoms with van der Waals surface area (Å²) < 4.78 is 0. The largest absolute Gasteiger partial charge is 0.300 e. The molecule has 0 radical (unpaired) electrons. The predicted octanol–water partition coefficient (Wildman–Crippen LogP) is 0.417. The minimum absolute atomic E-state index is 0.123. The van der Waals surface area contributed by atoms with Crippen molar-refractivity contribution < 1.29 is 9.59 Å². The fourth-order valence-corrected chi connectivity index (χ4v) is 1.78. The average molecular weight is 223 g/mol. The van der Waals surface area contributed by atoms with Crippen molar-refractivity contribution in [3.05, 3.63) is 0 Å². The van der Waals surface area contributed by atoms with Crippen LogP contribution in [0.4, 0.5) is 0 Å². The minimum atomic E-state index is -0.669. The molecule has 0 aromatic heterocycles. The highest BCUT2D eigenvalue weighted by Crippen LogP contribution is 2.15. The Morgan fingerprint density at radius 3 is 2.44 bits per heavy atom. The lowest BCUT2D eigenvalue weighted by Crippen LogP contribution is -2.44. The highest BCUT2D eigenvalue weighted by atomic mass is 16.2. The Hall–Kier alpha value is -1.41. The first-order valence-corrected chi connectivity index (χ1v) is 5.52. The number of imide groups is 1. The second kappa shape index (κ2) is 5.08. The van der Waals surface area contributed by atoms with Crippen LogP contribution >= 0.6 is 0 Å². The summed E-state index contributed by atoms with van der Waals surface area (Å²) in [6.45, 7) is 4.71. The lowest BCUT2D eigenvalue weighted by Gasteiger charge is -2.24. The van der Waals surface area contributed by atoms with Gasteiger partial charge in [-0.2, -0.15) is 5.26 Å². The fourth-order valence-electron chi connectivity index (χ4n) is 1.78. The standard InChI is InChI=1S/C11H17N3O2/c1-3-13-11(2,8-12)6-7-14-9(15)4-5-10(14)16/h13H,3-7H2,1-2H3. The van der Waals surface area contributed by atoms with E-state index in [1.807, 2.05) is 6.92 Å². The van der Waals surface area contributed by atoms with E-state index in [4.69, 9.17) is 5.26 Å². The van der Waals surface area contributed by atoms with Gasteiger partial charge in [0.2, 0.25) is 11.8 Å². The van der Waals surface area contributed by atoms with Gasteiger partial charge >= 0.3 is 0 Å². The summed E-state index contributed by atoms with van der Waals surface area (Å²) in [7, 11) is 0. The van der Waals surface area contributed by atoms with Crippen LogP contribution in [0.3, 0.4) is 0 Å². The molecule has 1 N–H and O–H groups in total. The van der Waals surface area contributed by atoms with Crippen LogP contribution in [0.1, 0.15) is 33.1 Å². The molecular weight excluding hydrogens is 206 g/mol. The van der Waals surface area contributed by atoms with Crippen molar-refractivity contribution in [3.8, 4) is 6.07 Å². The van der Waals surface area contributed by atoms with Gasteiger partial charge in [0.05, 0.1) is 6.07 Å². The smallest absolute Gasteiger partial charge is 0.229 e. The molecule has 1 aliphatic rings. The molecule has 2 amide bonds. The monoisotopic (exact) mass is 223 g/mol. The zero-order chi connectivity index (χ0) is 12.2. The van der Waals surface area contributed by atoms with Crippen LogP contribution in [0.5, 0.6) is 0 Å². The first-order valence-electron chi connectivity index (χ1n) is 5.52. The molecule has 0 aromatic rings. The zero-order valence-electron chi connectivity index (χ0n) is 9.75. The molecule has 5 heteroatoms. The van der Waals surface area contributed by atoms with Crippen LogP contribution in [0.2, 0.25) is 0 Å². The lowest BCUT2D eigenvalue weighted by atomic mass is 9.99. The van der Waals surface area contributed by atoms with Crippen LogP contribution in [0, 0.1) is 11.3 Å². The van der Waals surface area contributed by atoms with E-state index < -0.39 is 5.54 Å². The van der Waals surface area contributed by atoms with E-state index in [2.05, 4.69) is 11.4 Å². The molecule has 16 heavy (non-hydrogen) atoms. The third-order valence-electron chi connectivity index (χ3n) is 2.80. The van der Waals surface area contributed by atoms with Crippen molar-refractivity contribution in [2.24, 2.45) is 0 Å². The molecule has 1 aliphatic heterocycles. The number of rotatable bonds is 5. The number of nitriles is 1. The molecule has 0 bridgehead atoms. The van der Waals surface area contributed by atoms with Gasteiger partial charge in [0.15, 0.2) is 0 Å². The minimum Gasteiger partial charge on any atom is -0.300 e. The molecule has 0 spiro atoms. The number of carbonyl (C=O) groups excluding carboxylic acids is 2. The number of likely N-dealkylation sites (tertiary alicyclic amines) is 1. The number of carbonyl (C=O) groups is 2. The maximum absolute atomic E-state index is 11.3. The number of nitrogens with one attached hydrogen (secondary N) is 1. The Labute approximate surface area is 95.4 Å². The SMILES string of the molecule is CCNC(C)(C#N)CCN1C(=O)CCC1=O. The number of hydrogen-bond acceptors (Lipinski definition) is 4. The topological polar surface area (TPSA) is 73.2 Å². The predicted molar refractivity (Wildman–Crippen MR) is 58.3 cm³/mol.